The zero-order chi connectivity index (χ0) is 12.8. The first kappa shape index (κ1) is 17.2. The molecule has 0 nitrogen and oxygen atoms in total. The van der Waals surface area contributed by atoms with Crippen LogP contribution in [0.4, 0.5) is 0 Å². The lowest BCUT2D eigenvalue weighted by Gasteiger charge is -2.15. The van der Waals surface area contributed by atoms with Gasteiger partial charge in [0, 0.05) is 0 Å². The van der Waals surface area contributed by atoms with Crippen LogP contribution in [0.15, 0.2) is 12.7 Å². The summed E-state index contributed by atoms with van der Waals surface area (Å²) in [5.74, 6) is 0. The Morgan fingerprint density at radius 2 is 1.29 bits per heavy atom. The molecule has 102 valence electrons. The Bertz CT molecular complexity index is 148. The third-order valence-electron chi connectivity index (χ3n) is 3.21. The molecule has 0 radical (unpaired) electrons. The van der Waals surface area contributed by atoms with Gasteiger partial charge in [-0.25, -0.2) is 0 Å². The minimum atomic E-state index is 0.396. The Hall–Kier alpha value is 0.170. The lowest BCUT2D eigenvalue weighted by atomic mass is 10.1. The summed E-state index contributed by atoms with van der Waals surface area (Å²) in [4.78, 5) is 0. The summed E-state index contributed by atoms with van der Waals surface area (Å²) in [6.07, 6.45) is 19.2. The smallest absolute Gasteiger partial charge is 0.0326 e. The normalized spacial score (nSPS) is 11.0. The highest BCUT2D eigenvalue weighted by Crippen LogP contribution is 2.37. The van der Waals surface area contributed by atoms with Crippen molar-refractivity contribution in [3.05, 3.63) is 12.7 Å². The van der Waals surface area contributed by atoms with E-state index in [0.717, 1.165) is 0 Å². The molecule has 0 saturated heterocycles. The van der Waals surface area contributed by atoms with E-state index in [1.807, 2.05) is 6.08 Å². The van der Waals surface area contributed by atoms with Gasteiger partial charge in [0.2, 0.25) is 0 Å². The molecular weight excluding hydrogens is 223 g/mol. The molecule has 0 aliphatic carbocycles. The summed E-state index contributed by atoms with van der Waals surface area (Å²) in [5, 5.41) is 0. The van der Waals surface area contributed by atoms with E-state index in [1.54, 1.807) is 6.16 Å². The molecule has 0 aliphatic rings. The quantitative estimate of drug-likeness (QED) is 0.209. The highest BCUT2D eigenvalue weighted by atomic mass is 31.1. The maximum Gasteiger partial charge on any atom is -0.0326 e. The number of allylic oxidation sites excluding steroid dienone is 1. The van der Waals surface area contributed by atoms with Crippen LogP contribution in [-0.4, -0.2) is 18.5 Å². The maximum absolute atomic E-state index is 3.76. The molecule has 0 saturated carbocycles. The van der Waals surface area contributed by atoms with Crippen LogP contribution in [0.5, 0.6) is 0 Å². The van der Waals surface area contributed by atoms with Crippen molar-refractivity contribution in [2.24, 2.45) is 0 Å². The van der Waals surface area contributed by atoms with E-state index in [4.69, 9.17) is 0 Å². The number of unbranched alkanes of at least 4 members (excludes halogenated alkanes) is 6. The molecule has 0 unspecified atom stereocenters. The molecular formula is C16H33P. The lowest BCUT2D eigenvalue weighted by molar-refractivity contribution is 0.612. The summed E-state index contributed by atoms with van der Waals surface area (Å²) in [7, 11) is 0.396. The van der Waals surface area contributed by atoms with Gasteiger partial charge in [-0.05, 0) is 37.7 Å². The molecule has 0 aromatic carbocycles. The van der Waals surface area contributed by atoms with Gasteiger partial charge in [-0.15, -0.1) is 14.5 Å². The third-order valence-corrected chi connectivity index (χ3v) is 6.32. The molecule has 0 atom stereocenters. The zero-order valence-electron chi connectivity index (χ0n) is 12.2. The van der Waals surface area contributed by atoms with E-state index in [2.05, 4.69) is 20.4 Å². The fourth-order valence-corrected chi connectivity index (χ4v) is 4.91. The van der Waals surface area contributed by atoms with Gasteiger partial charge in [0.05, 0.1) is 0 Å². The monoisotopic (exact) mass is 256 g/mol. The lowest BCUT2D eigenvalue weighted by Crippen LogP contribution is -1.94. The van der Waals surface area contributed by atoms with E-state index in [-0.39, 0.29) is 0 Å². The molecule has 0 fully saturated rings. The fourth-order valence-electron chi connectivity index (χ4n) is 2.30. The summed E-state index contributed by atoms with van der Waals surface area (Å²) in [6.45, 7) is 8.44. The predicted molar refractivity (Wildman–Crippen MR) is 84.6 cm³/mol. The first-order valence-corrected chi connectivity index (χ1v) is 9.58. The van der Waals surface area contributed by atoms with Crippen molar-refractivity contribution in [3.63, 3.8) is 0 Å². The average molecular weight is 256 g/mol. The van der Waals surface area contributed by atoms with Crippen molar-refractivity contribution in [1.29, 1.82) is 0 Å². The van der Waals surface area contributed by atoms with Crippen LogP contribution in [-0.2, 0) is 0 Å². The molecule has 0 aromatic heterocycles. The number of rotatable bonds is 13. The molecule has 0 N–H and O–H groups in total. The first-order chi connectivity index (χ1) is 8.35. The van der Waals surface area contributed by atoms with Crippen molar-refractivity contribution < 1.29 is 0 Å². The van der Waals surface area contributed by atoms with Gasteiger partial charge < -0.3 is 0 Å². The summed E-state index contributed by atoms with van der Waals surface area (Å²) in [5.41, 5.74) is 0. The van der Waals surface area contributed by atoms with Crippen LogP contribution in [0.25, 0.3) is 0 Å². The Kier molecular flexibility index (Phi) is 14.4. The molecule has 17 heavy (non-hydrogen) atoms. The van der Waals surface area contributed by atoms with Crippen LogP contribution in [0.1, 0.15) is 71.6 Å². The van der Waals surface area contributed by atoms with Crippen molar-refractivity contribution >= 4 is 7.92 Å². The summed E-state index contributed by atoms with van der Waals surface area (Å²) in [6, 6.07) is 0. The van der Waals surface area contributed by atoms with E-state index in [1.165, 1.54) is 70.1 Å². The van der Waals surface area contributed by atoms with Crippen LogP contribution in [0.3, 0.4) is 0 Å². The van der Waals surface area contributed by atoms with Gasteiger partial charge in [0.1, 0.15) is 0 Å². The van der Waals surface area contributed by atoms with Gasteiger partial charge in [-0.2, -0.15) is 0 Å². The van der Waals surface area contributed by atoms with Crippen LogP contribution < -0.4 is 0 Å². The molecule has 0 aromatic rings. The number of hydrogen-bond acceptors (Lipinski definition) is 0. The molecule has 0 amide bonds. The summed E-state index contributed by atoms with van der Waals surface area (Å²) >= 11 is 0. The van der Waals surface area contributed by atoms with Gasteiger partial charge in [-0.3, -0.25) is 0 Å². The first-order valence-electron chi connectivity index (χ1n) is 7.68. The maximum atomic E-state index is 3.76. The van der Waals surface area contributed by atoms with Gasteiger partial charge in [0.15, 0.2) is 0 Å². The Balaban J connectivity index is 3.26. The minimum absolute atomic E-state index is 0.396. The molecule has 1 heteroatoms. The number of hydrogen-bond donors (Lipinski definition) is 0. The third kappa shape index (κ3) is 12.4. The fraction of sp³-hybridized carbons (Fsp3) is 0.875. The standard InChI is InChI=1S/C16H33P/c1-4-7-8-9-10-11-12-13-16-17(14-5-2)15-6-3/h4H,1,5-16H2,2-3H3. The Labute approximate surface area is 111 Å². The highest BCUT2D eigenvalue weighted by Gasteiger charge is 2.04. The second-order valence-corrected chi connectivity index (χ2v) is 7.72. The van der Waals surface area contributed by atoms with Crippen molar-refractivity contribution in [2.45, 2.75) is 71.6 Å². The van der Waals surface area contributed by atoms with Crippen molar-refractivity contribution in [3.8, 4) is 0 Å². The second kappa shape index (κ2) is 14.2. The van der Waals surface area contributed by atoms with E-state index >= 15 is 0 Å². The van der Waals surface area contributed by atoms with Crippen molar-refractivity contribution in [1.82, 2.24) is 0 Å². The Morgan fingerprint density at radius 3 is 1.82 bits per heavy atom. The van der Waals surface area contributed by atoms with E-state index < -0.39 is 0 Å². The minimum Gasteiger partial charge on any atom is -0.107 e. The molecule has 0 bridgehead atoms. The van der Waals surface area contributed by atoms with Crippen LogP contribution in [0, 0.1) is 0 Å². The van der Waals surface area contributed by atoms with Gasteiger partial charge >= 0.3 is 0 Å². The van der Waals surface area contributed by atoms with E-state index in [9.17, 15) is 0 Å². The van der Waals surface area contributed by atoms with Crippen LogP contribution >= 0.6 is 7.92 Å². The SMILES string of the molecule is C=CCCCCCCCCP(CCC)CCC. The predicted octanol–water partition coefficient (Wildman–Crippen LogP) is 6.21. The topological polar surface area (TPSA) is 0 Å². The molecule has 0 heterocycles. The molecule has 0 aliphatic heterocycles. The molecule has 0 spiro atoms. The van der Waals surface area contributed by atoms with Crippen LogP contribution in [0.2, 0.25) is 0 Å². The summed E-state index contributed by atoms with van der Waals surface area (Å²) < 4.78 is 0. The zero-order valence-corrected chi connectivity index (χ0v) is 13.1. The second-order valence-electron chi connectivity index (χ2n) is 5.04. The largest absolute Gasteiger partial charge is 0.107 e. The van der Waals surface area contributed by atoms with Gasteiger partial charge in [-0.1, -0.05) is 58.4 Å². The van der Waals surface area contributed by atoms with E-state index in [0.29, 0.717) is 7.92 Å². The molecule has 0 rings (SSSR count). The van der Waals surface area contributed by atoms with Crippen molar-refractivity contribution in [2.75, 3.05) is 18.5 Å². The average Bonchev–Trinajstić information content (AvgIpc) is 2.33. The Morgan fingerprint density at radius 1 is 0.765 bits per heavy atom. The highest BCUT2D eigenvalue weighted by molar-refractivity contribution is 7.57. The van der Waals surface area contributed by atoms with Gasteiger partial charge in [0.25, 0.3) is 0 Å².